The van der Waals surface area contributed by atoms with Crippen LogP contribution in [0, 0.1) is 5.92 Å². The third kappa shape index (κ3) is 4.07. The molecule has 0 aromatic heterocycles. The number of piperidine rings is 1. The summed E-state index contributed by atoms with van der Waals surface area (Å²) in [6.07, 6.45) is 2.43. The van der Waals surface area contributed by atoms with E-state index in [1.807, 2.05) is 30.1 Å². The Labute approximate surface area is 128 Å². The van der Waals surface area contributed by atoms with Crippen molar-refractivity contribution in [1.82, 2.24) is 10.2 Å². The molecule has 1 aliphatic rings. The molecule has 1 N–H and O–H groups in total. The molecule has 1 aliphatic heterocycles. The lowest BCUT2D eigenvalue weighted by atomic mass is 9.83. The molecule has 0 radical (unpaired) electrons. The smallest absolute Gasteiger partial charge is 0.253 e. The summed E-state index contributed by atoms with van der Waals surface area (Å²) in [6, 6.07) is 8.00. The molecule has 1 saturated heterocycles. The number of hydrogen-bond donors (Lipinski definition) is 1. The Bertz CT molecular complexity index is 484. The second-order valence-electron chi connectivity index (χ2n) is 7.19. The van der Waals surface area contributed by atoms with Crippen LogP contribution in [0.5, 0.6) is 0 Å². The zero-order valence-corrected chi connectivity index (χ0v) is 13.8. The van der Waals surface area contributed by atoms with Gasteiger partial charge in [-0.25, -0.2) is 0 Å². The average Bonchev–Trinajstić information content (AvgIpc) is 2.46. The first-order chi connectivity index (χ1) is 9.89. The van der Waals surface area contributed by atoms with Gasteiger partial charge in [0.05, 0.1) is 0 Å². The molecule has 1 aromatic rings. The molecule has 0 bridgehead atoms. The minimum Gasteiger partial charge on any atom is -0.341 e. The molecule has 3 heteroatoms. The molecule has 0 saturated carbocycles. The van der Waals surface area contributed by atoms with Gasteiger partial charge in [-0.05, 0) is 48.9 Å². The molecule has 1 atom stereocenters. The van der Waals surface area contributed by atoms with Gasteiger partial charge in [0.25, 0.3) is 5.91 Å². The van der Waals surface area contributed by atoms with E-state index >= 15 is 0 Å². The fourth-order valence-electron chi connectivity index (χ4n) is 3.08. The summed E-state index contributed by atoms with van der Waals surface area (Å²) in [4.78, 5) is 14.7. The Hall–Kier alpha value is -1.35. The summed E-state index contributed by atoms with van der Waals surface area (Å²) in [5.41, 5.74) is 1.96. The predicted molar refractivity (Wildman–Crippen MR) is 87.7 cm³/mol. The normalized spacial score (nSPS) is 19.3. The standard InChI is InChI=1S/C18H28N2O/c1-18(2,3)16-10-6-5-9-15(16)17(21)20(4)13-14-8-7-11-19-12-14/h5-6,9-10,14,19H,7-8,11-13H2,1-4H3. The third-order valence-corrected chi connectivity index (χ3v) is 4.24. The second-order valence-corrected chi connectivity index (χ2v) is 7.19. The van der Waals surface area contributed by atoms with Crippen LogP contribution >= 0.6 is 0 Å². The summed E-state index contributed by atoms with van der Waals surface area (Å²) in [5, 5.41) is 3.42. The molecular weight excluding hydrogens is 260 g/mol. The van der Waals surface area contributed by atoms with E-state index in [2.05, 4.69) is 32.2 Å². The van der Waals surface area contributed by atoms with Gasteiger partial charge >= 0.3 is 0 Å². The summed E-state index contributed by atoms with van der Waals surface area (Å²) in [6.45, 7) is 9.45. The van der Waals surface area contributed by atoms with Gasteiger partial charge in [-0.2, -0.15) is 0 Å². The molecule has 2 rings (SSSR count). The lowest BCUT2D eigenvalue weighted by Gasteiger charge is -2.29. The van der Waals surface area contributed by atoms with E-state index in [-0.39, 0.29) is 11.3 Å². The summed E-state index contributed by atoms with van der Waals surface area (Å²) in [5.74, 6) is 0.723. The van der Waals surface area contributed by atoms with Crippen molar-refractivity contribution < 1.29 is 4.79 Å². The summed E-state index contributed by atoms with van der Waals surface area (Å²) >= 11 is 0. The van der Waals surface area contributed by atoms with Crippen LogP contribution in [0.4, 0.5) is 0 Å². The lowest BCUT2D eigenvalue weighted by Crippen LogP contribution is -2.39. The van der Waals surface area contributed by atoms with E-state index in [9.17, 15) is 4.79 Å². The molecule has 0 spiro atoms. The van der Waals surface area contributed by atoms with Crippen LogP contribution in [0.2, 0.25) is 0 Å². The van der Waals surface area contributed by atoms with Crippen molar-refractivity contribution >= 4 is 5.91 Å². The number of carbonyl (C=O) groups excluding carboxylic acids is 1. The van der Waals surface area contributed by atoms with Crippen molar-refractivity contribution in [3.8, 4) is 0 Å². The molecule has 1 unspecified atom stereocenters. The number of nitrogens with one attached hydrogen (secondary N) is 1. The number of hydrogen-bond acceptors (Lipinski definition) is 2. The van der Waals surface area contributed by atoms with Crippen molar-refractivity contribution in [2.75, 3.05) is 26.7 Å². The van der Waals surface area contributed by atoms with Crippen LogP contribution in [0.15, 0.2) is 24.3 Å². The molecule has 1 amide bonds. The fourth-order valence-corrected chi connectivity index (χ4v) is 3.08. The lowest BCUT2D eigenvalue weighted by molar-refractivity contribution is 0.0762. The predicted octanol–water partition coefficient (Wildman–Crippen LogP) is 3.06. The molecule has 1 heterocycles. The van der Waals surface area contributed by atoms with Gasteiger partial charge in [0.1, 0.15) is 0 Å². The van der Waals surface area contributed by atoms with Crippen molar-refractivity contribution in [2.24, 2.45) is 5.92 Å². The zero-order chi connectivity index (χ0) is 15.5. The summed E-state index contributed by atoms with van der Waals surface area (Å²) < 4.78 is 0. The van der Waals surface area contributed by atoms with Crippen LogP contribution in [-0.2, 0) is 5.41 Å². The second kappa shape index (κ2) is 6.61. The first kappa shape index (κ1) is 16.0. The van der Waals surface area contributed by atoms with Crippen molar-refractivity contribution in [3.63, 3.8) is 0 Å². The Balaban J connectivity index is 2.12. The average molecular weight is 288 g/mol. The van der Waals surface area contributed by atoms with Crippen LogP contribution in [0.3, 0.4) is 0 Å². The Morgan fingerprint density at radius 2 is 2.05 bits per heavy atom. The van der Waals surface area contributed by atoms with Gasteiger partial charge in [0.2, 0.25) is 0 Å². The number of rotatable bonds is 3. The van der Waals surface area contributed by atoms with Crippen molar-refractivity contribution in [1.29, 1.82) is 0 Å². The molecule has 1 aromatic carbocycles. The van der Waals surface area contributed by atoms with Gasteiger partial charge < -0.3 is 10.2 Å². The topological polar surface area (TPSA) is 32.3 Å². The minimum atomic E-state index is -0.0144. The number of benzene rings is 1. The first-order valence-electron chi connectivity index (χ1n) is 7.95. The van der Waals surface area contributed by atoms with E-state index in [1.165, 1.54) is 12.8 Å². The molecule has 1 fully saturated rings. The van der Waals surface area contributed by atoms with E-state index in [1.54, 1.807) is 0 Å². The van der Waals surface area contributed by atoms with E-state index < -0.39 is 0 Å². The zero-order valence-electron chi connectivity index (χ0n) is 13.8. The van der Waals surface area contributed by atoms with Gasteiger partial charge in [-0.15, -0.1) is 0 Å². The highest BCUT2D eigenvalue weighted by molar-refractivity contribution is 5.95. The largest absolute Gasteiger partial charge is 0.341 e. The first-order valence-corrected chi connectivity index (χ1v) is 7.95. The van der Waals surface area contributed by atoms with Crippen molar-refractivity contribution in [3.05, 3.63) is 35.4 Å². The van der Waals surface area contributed by atoms with E-state index in [0.29, 0.717) is 5.92 Å². The number of nitrogens with zero attached hydrogens (tertiary/aromatic N) is 1. The minimum absolute atomic E-state index is 0.0144. The van der Waals surface area contributed by atoms with Crippen LogP contribution < -0.4 is 5.32 Å². The Morgan fingerprint density at radius 3 is 2.67 bits per heavy atom. The maximum atomic E-state index is 12.8. The van der Waals surface area contributed by atoms with Crippen LogP contribution in [-0.4, -0.2) is 37.5 Å². The fraction of sp³-hybridized carbons (Fsp3) is 0.611. The van der Waals surface area contributed by atoms with E-state index in [0.717, 1.165) is 30.8 Å². The van der Waals surface area contributed by atoms with E-state index in [4.69, 9.17) is 0 Å². The van der Waals surface area contributed by atoms with Crippen LogP contribution in [0.1, 0.15) is 49.5 Å². The highest BCUT2D eigenvalue weighted by atomic mass is 16.2. The number of amides is 1. The molecule has 0 aliphatic carbocycles. The van der Waals surface area contributed by atoms with Gasteiger partial charge in [-0.1, -0.05) is 39.0 Å². The van der Waals surface area contributed by atoms with Gasteiger partial charge in [0.15, 0.2) is 0 Å². The molecule has 116 valence electrons. The highest BCUT2D eigenvalue weighted by Gasteiger charge is 2.24. The maximum absolute atomic E-state index is 12.8. The van der Waals surface area contributed by atoms with Gasteiger partial charge in [-0.3, -0.25) is 4.79 Å². The highest BCUT2D eigenvalue weighted by Crippen LogP contribution is 2.26. The Kier molecular flexibility index (Phi) is 5.04. The van der Waals surface area contributed by atoms with Crippen molar-refractivity contribution in [2.45, 2.75) is 39.0 Å². The molecular formula is C18H28N2O. The third-order valence-electron chi connectivity index (χ3n) is 4.24. The summed E-state index contributed by atoms with van der Waals surface area (Å²) in [7, 11) is 1.93. The monoisotopic (exact) mass is 288 g/mol. The van der Waals surface area contributed by atoms with Crippen LogP contribution in [0.25, 0.3) is 0 Å². The molecule has 21 heavy (non-hydrogen) atoms. The quantitative estimate of drug-likeness (QED) is 0.927. The maximum Gasteiger partial charge on any atom is 0.253 e. The number of carbonyl (C=O) groups is 1. The van der Waals surface area contributed by atoms with Gasteiger partial charge in [0, 0.05) is 19.2 Å². The Morgan fingerprint density at radius 1 is 1.33 bits per heavy atom. The SMILES string of the molecule is CN(CC1CCCNC1)C(=O)c1ccccc1C(C)(C)C. The molecule has 3 nitrogen and oxygen atoms in total.